The van der Waals surface area contributed by atoms with E-state index in [1.54, 1.807) is 0 Å². The molecular weight excluding hydrogens is 260 g/mol. The van der Waals surface area contributed by atoms with Crippen LogP contribution >= 0.6 is 12.2 Å². The van der Waals surface area contributed by atoms with Crippen LogP contribution in [0, 0.1) is 0 Å². The predicted molar refractivity (Wildman–Crippen MR) is 80.2 cm³/mol. The Balaban J connectivity index is 2.01. The van der Waals surface area contributed by atoms with Crippen molar-refractivity contribution >= 4 is 23.1 Å². The largest absolute Gasteiger partial charge is 0.493 e. The summed E-state index contributed by atoms with van der Waals surface area (Å²) in [5, 5.41) is 2.84. The first-order valence-electron chi connectivity index (χ1n) is 6.41. The number of unbranched alkanes of at least 4 members (excludes halogenated alkanes) is 1. The molecule has 1 aromatic carbocycles. The Labute approximate surface area is 119 Å². The maximum atomic E-state index is 11.5. The zero-order chi connectivity index (χ0) is 13.9. The number of para-hydroxylation sites is 1. The highest BCUT2D eigenvalue weighted by Crippen LogP contribution is 2.08. The maximum Gasteiger partial charge on any atom is 0.223 e. The minimum atomic E-state index is 0.00579. The number of nitrogens with one attached hydrogen (secondary N) is 1. The van der Waals surface area contributed by atoms with Crippen molar-refractivity contribution in [2.75, 3.05) is 13.2 Å². The fraction of sp³-hybridized carbons (Fsp3) is 0.429. The standard InChI is InChI=1S/C14H20N2O2S/c15-13(19)8-4-5-10-16-14(17)9-11-18-12-6-2-1-3-7-12/h1-3,6-7H,4-5,8-11H2,(H2,15,19)(H,16,17). The Morgan fingerprint density at radius 2 is 1.95 bits per heavy atom. The molecule has 0 atom stereocenters. The first-order chi connectivity index (χ1) is 9.18. The van der Waals surface area contributed by atoms with Gasteiger partial charge in [-0.05, 0) is 31.4 Å². The summed E-state index contributed by atoms with van der Waals surface area (Å²) in [6.45, 7) is 1.05. The van der Waals surface area contributed by atoms with E-state index in [1.165, 1.54) is 0 Å². The molecule has 1 aromatic rings. The summed E-state index contributed by atoms with van der Waals surface area (Å²) >= 11 is 4.77. The van der Waals surface area contributed by atoms with Crippen LogP contribution in [0.1, 0.15) is 25.7 Å². The summed E-state index contributed by atoms with van der Waals surface area (Å²) in [4.78, 5) is 12.0. The van der Waals surface area contributed by atoms with Crippen LogP contribution in [-0.4, -0.2) is 24.0 Å². The zero-order valence-electron chi connectivity index (χ0n) is 10.9. The number of hydrogen-bond acceptors (Lipinski definition) is 3. The molecule has 0 unspecified atom stereocenters. The lowest BCUT2D eigenvalue weighted by atomic mass is 10.2. The molecule has 0 saturated heterocycles. The molecule has 0 aliphatic carbocycles. The monoisotopic (exact) mass is 280 g/mol. The molecule has 1 amide bonds. The molecule has 0 aromatic heterocycles. The molecule has 0 aliphatic rings. The average Bonchev–Trinajstić information content (AvgIpc) is 2.39. The van der Waals surface area contributed by atoms with Crippen LogP contribution < -0.4 is 15.8 Å². The fourth-order valence-electron chi connectivity index (χ4n) is 1.52. The Kier molecular flexibility index (Phi) is 7.58. The normalized spacial score (nSPS) is 9.89. The molecular formula is C14H20N2O2S. The van der Waals surface area contributed by atoms with E-state index in [1.807, 2.05) is 30.3 Å². The van der Waals surface area contributed by atoms with Crippen molar-refractivity contribution < 1.29 is 9.53 Å². The quantitative estimate of drug-likeness (QED) is 0.536. The molecule has 0 bridgehead atoms. The van der Waals surface area contributed by atoms with Crippen molar-refractivity contribution in [3.8, 4) is 5.75 Å². The van der Waals surface area contributed by atoms with Gasteiger partial charge < -0.3 is 15.8 Å². The Bertz CT molecular complexity index is 396. The van der Waals surface area contributed by atoms with Gasteiger partial charge in [-0.1, -0.05) is 30.4 Å². The third-order valence-electron chi connectivity index (χ3n) is 2.51. The lowest BCUT2D eigenvalue weighted by Gasteiger charge is -2.07. The average molecular weight is 280 g/mol. The maximum absolute atomic E-state index is 11.5. The Morgan fingerprint density at radius 1 is 1.21 bits per heavy atom. The van der Waals surface area contributed by atoms with Gasteiger partial charge in [0.2, 0.25) is 5.91 Å². The number of nitrogens with two attached hydrogens (primary N) is 1. The van der Waals surface area contributed by atoms with Crippen LogP contribution in [0.5, 0.6) is 5.75 Å². The van der Waals surface area contributed by atoms with E-state index in [9.17, 15) is 4.79 Å². The van der Waals surface area contributed by atoms with Crippen LogP contribution in [0.3, 0.4) is 0 Å². The van der Waals surface area contributed by atoms with E-state index >= 15 is 0 Å². The number of benzene rings is 1. The Hall–Kier alpha value is -1.62. The van der Waals surface area contributed by atoms with Gasteiger partial charge in [-0.3, -0.25) is 4.79 Å². The summed E-state index contributed by atoms with van der Waals surface area (Å²) in [6.07, 6.45) is 2.91. The molecule has 0 aliphatic heterocycles. The van der Waals surface area contributed by atoms with Crippen molar-refractivity contribution in [1.29, 1.82) is 0 Å². The smallest absolute Gasteiger partial charge is 0.223 e. The minimum absolute atomic E-state index is 0.00579. The highest BCUT2D eigenvalue weighted by atomic mass is 32.1. The highest BCUT2D eigenvalue weighted by molar-refractivity contribution is 7.80. The first-order valence-corrected chi connectivity index (χ1v) is 6.82. The summed E-state index contributed by atoms with van der Waals surface area (Å²) in [6, 6.07) is 9.46. The van der Waals surface area contributed by atoms with E-state index < -0.39 is 0 Å². The Morgan fingerprint density at radius 3 is 2.63 bits per heavy atom. The first kappa shape index (κ1) is 15.4. The predicted octanol–water partition coefficient (Wildman–Crippen LogP) is 2.03. The molecule has 0 spiro atoms. The molecule has 0 fully saturated rings. The molecule has 0 heterocycles. The molecule has 3 N–H and O–H groups in total. The van der Waals surface area contributed by atoms with Gasteiger partial charge >= 0.3 is 0 Å². The van der Waals surface area contributed by atoms with E-state index in [0.717, 1.165) is 25.0 Å². The van der Waals surface area contributed by atoms with E-state index in [4.69, 9.17) is 22.7 Å². The third kappa shape index (κ3) is 8.15. The second-order valence-corrected chi connectivity index (χ2v) is 4.71. The number of rotatable bonds is 9. The number of thiocarbonyl (C=S) groups is 1. The molecule has 0 radical (unpaired) electrons. The molecule has 4 nitrogen and oxygen atoms in total. The summed E-state index contributed by atoms with van der Waals surface area (Å²) in [5.74, 6) is 0.790. The van der Waals surface area contributed by atoms with Crippen LogP contribution in [-0.2, 0) is 4.79 Å². The summed E-state index contributed by atoms with van der Waals surface area (Å²) < 4.78 is 5.44. The van der Waals surface area contributed by atoms with Gasteiger partial charge in [0.1, 0.15) is 5.75 Å². The van der Waals surface area contributed by atoms with E-state index in [-0.39, 0.29) is 5.91 Å². The molecule has 19 heavy (non-hydrogen) atoms. The number of carbonyl (C=O) groups is 1. The minimum Gasteiger partial charge on any atom is -0.493 e. The van der Waals surface area contributed by atoms with Gasteiger partial charge in [-0.2, -0.15) is 0 Å². The molecule has 0 saturated carbocycles. The van der Waals surface area contributed by atoms with Crippen molar-refractivity contribution in [2.45, 2.75) is 25.7 Å². The number of hydrogen-bond donors (Lipinski definition) is 2. The fourth-order valence-corrected chi connectivity index (χ4v) is 1.66. The topological polar surface area (TPSA) is 64.3 Å². The molecule has 5 heteroatoms. The van der Waals surface area contributed by atoms with Gasteiger partial charge in [-0.15, -0.1) is 0 Å². The lowest BCUT2D eigenvalue weighted by Crippen LogP contribution is -2.26. The van der Waals surface area contributed by atoms with Crippen LogP contribution in [0.4, 0.5) is 0 Å². The second-order valence-electron chi connectivity index (χ2n) is 4.18. The van der Waals surface area contributed by atoms with Gasteiger partial charge in [-0.25, -0.2) is 0 Å². The SMILES string of the molecule is NC(=S)CCCCNC(=O)CCOc1ccccc1. The van der Waals surface area contributed by atoms with E-state index in [2.05, 4.69) is 5.32 Å². The van der Waals surface area contributed by atoms with Gasteiger partial charge in [0, 0.05) is 6.54 Å². The van der Waals surface area contributed by atoms with E-state index in [0.29, 0.717) is 24.6 Å². The van der Waals surface area contributed by atoms with Crippen LogP contribution in [0.2, 0.25) is 0 Å². The van der Waals surface area contributed by atoms with Crippen LogP contribution in [0.15, 0.2) is 30.3 Å². The van der Waals surface area contributed by atoms with Crippen molar-refractivity contribution in [2.24, 2.45) is 5.73 Å². The third-order valence-corrected chi connectivity index (χ3v) is 2.72. The molecule has 1 rings (SSSR count). The van der Waals surface area contributed by atoms with Gasteiger partial charge in [0.15, 0.2) is 0 Å². The zero-order valence-corrected chi connectivity index (χ0v) is 11.7. The van der Waals surface area contributed by atoms with Crippen molar-refractivity contribution in [3.63, 3.8) is 0 Å². The van der Waals surface area contributed by atoms with Crippen LogP contribution in [0.25, 0.3) is 0 Å². The lowest BCUT2D eigenvalue weighted by molar-refractivity contribution is -0.121. The number of ether oxygens (including phenoxy) is 1. The van der Waals surface area contributed by atoms with Gasteiger partial charge in [0.25, 0.3) is 0 Å². The second kappa shape index (κ2) is 9.33. The highest BCUT2D eigenvalue weighted by Gasteiger charge is 2.01. The summed E-state index contributed by atoms with van der Waals surface area (Å²) in [5.41, 5.74) is 5.38. The number of carbonyl (C=O) groups excluding carboxylic acids is 1. The van der Waals surface area contributed by atoms with Crippen molar-refractivity contribution in [1.82, 2.24) is 5.32 Å². The molecule has 104 valence electrons. The van der Waals surface area contributed by atoms with Crippen molar-refractivity contribution in [3.05, 3.63) is 30.3 Å². The number of amides is 1. The summed E-state index contributed by atoms with van der Waals surface area (Å²) in [7, 11) is 0. The van der Waals surface area contributed by atoms with Gasteiger partial charge in [0.05, 0.1) is 18.0 Å².